The Labute approximate surface area is 134 Å². The Bertz CT molecular complexity index is 385. The first-order valence-corrected chi connectivity index (χ1v) is 9.24. The van der Waals surface area contributed by atoms with Crippen molar-refractivity contribution in [2.24, 2.45) is 5.92 Å². The molecule has 0 aromatic heterocycles. The Balaban J connectivity index is 1.64. The van der Waals surface area contributed by atoms with Crippen molar-refractivity contribution in [3.05, 3.63) is 29.8 Å². The lowest BCUT2D eigenvalue weighted by atomic mass is 10.1. The largest absolute Gasteiger partial charge is 0.379 e. The molecule has 0 radical (unpaired) electrons. The average molecular weight is 308 g/mol. The predicted octanol–water partition coefficient (Wildman–Crippen LogP) is 4.09. The molecule has 2 rings (SSSR count). The molecule has 1 fully saturated rings. The summed E-state index contributed by atoms with van der Waals surface area (Å²) in [4.78, 5) is 3.92. The van der Waals surface area contributed by atoms with Crippen molar-refractivity contribution >= 4 is 11.8 Å². The van der Waals surface area contributed by atoms with Gasteiger partial charge in [-0.2, -0.15) is 0 Å². The highest BCUT2D eigenvalue weighted by molar-refractivity contribution is 7.99. The maximum Gasteiger partial charge on any atom is 0.0594 e. The number of nitrogens with zero attached hydrogens (tertiary/aromatic N) is 1. The van der Waals surface area contributed by atoms with Gasteiger partial charge in [-0.25, -0.2) is 0 Å². The van der Waals surface area contributed by atoms with Crippen LogP contribution in [-0.2, 0) is 11.2 Å². The number of ether oxygens (including phenoxy) is 1. The van der Waals surface area contributed by atoms with Crippen molar-refractivity contribution in [3.63, 3.8) is 0 Å². The predicted molar refractivity (Wildman–Crippen MR) is 92.2 cm³/mol. The molecule has 1 heterocycles. The van der Waals surface area contributed by atoms with Crippen molar-refractivity contribution in [2.75, 3.05) is 38.6 Å². The van der Waals surface area contributed by atoms with Gasteiger partial charge in [-0.3, -0.25) is 4.90 Å². The second-order valence-corrected chi connectivity index (χ2v) is 7.40. The molecule has 118 valence electrons. The number of hydrogen-bond donors (Lipinski definition) is 0. The first kappa shape index (κ1) is 16.9. The molecule has 1 aliphatic heterocycles. The van der Waals surface area contributed by atoms with Gasteiger partial charge >= 0.3 is 0 Å². The molecule has 0 amide bonds. The molecule has 1 aromatic carbocycles. The number of morpholine rings is 1. The van der Waals surface area contributed by atoms with Gasteiger partial charge in [0.05, 0.1) is 13.2 Å². The van der Waals surface area contributed by atoms with Crippen LogP contribution < -0.4 is 0 Å². The van der Waals surface area contributed by atoms with E-state index in [2.05, 4.69) is 43.0 Å². The van der Waals surface area contributed by atoms with Crippen molar-refractivity contribution in [3.8, 4) is 0 Å². The normalized spacial score (nSPS) is 16.5. The van der Waals surface area contributed by atoms with E-state index in [4.69, 9.17) is 4.74 Å². The molecule has 2 nitrogen and oxygen atoms in total. The third-order valence-corrected chi connectivity index (χ3v) is 4.98. The summed E-state index contributed by atoms with van der Waals surface area (Å²) >= 11 is 1.98. The second-order valence-electron chi connectivity index (χ2n) is 6.23. The number of rotatable bonds is 8. The van der Waals surface area contributed by atoms with Crippen LogP contribution in [0.2, 0.25) is 0 Å². The van der Waals surface area contributed by atoms with Gasteiger partial charge in [0.15, 0.2) is 0 Å². The van der Waals surface area contributed by atoms with Crippen molar-refractivity contribution in [1.82, 2.24) is 4.90 Å². The molecule has 0 N–H and O–H groups in total. The standard InChI is InChI=1S/C18H29NOS/c1-16(2)9-15-21-18-7-5-17(6-8-18)4-3-10-19-11-13-20-14-12-19/h5-8,16H,3-4,9-15H2,1-2H3. The van der Waals surface area contributed by atoms with E-state index in [1.807, 2.05) is 11.8 Å². The summed E-state index contributed by atoms with van der Waals surface area (Å²) < 4.78 is 5.38. The Morgan fingerprint density at radius 2 is 1.86 bits per heavy atom. The first-order chi connectivity index (χ1) is 10.2. The molecule has 0 spiro atoms. The molecule has 3 heteroatoms. The van der Waals surface area contributed by atoms with Crippen LogP contribution in [0.3, 0.4) is 0 Å². The molecule has 1 saturated heterocycles. The van der Waals surface area contributed by atoms with Gasteiger partial charge in [0.2, 0.25) is 0 Å². The Morgan fingerprint density at radius 3 is 2.52 bits per heavy atom. The Hall–Kier alpha value is -0.510. The van der Waals surface area contributed by atoms with E-state index in [1.165, 1.54) is 42.0 Å². The summed E-state index contributed by atoms with van der Waals surface area (Å²) in [6, 6.07) is 9.18. The minimum Gasteiger partial charge on any atom is -0.379 e. The van der Waals surface area contributed by atoms with Crippen LogP contribution in [0.15, 0.2) is 29.2 Å². The molecular formula is C18H29NOS. The minimum atomic E-state index is 0.803. The maximum atomic E-state index is 5.38. The maximum absolute atomic E-state index is 5.38. The van der Waals surface area contributed by atoms with Crippen molar-refractivity contribution < 1.29 is 4.74 Å². The van der Waals surface area contributed by atoms with E-state index in [-0.39, 0.29) is 0 Å². The van der Waals surface area contributed by atoms with Crippen molar-refractivity contribution in [1.29, 1.82) is 0 Å². The van der Waals surface area contributed by atoms with Crippen LogP contribution in [-0.4, -0.2) is 43.5 Å². The van der Waals surface area contributed by atoms with Crippen molar-refractivity contribution in [2.45, 2.75) is 38.0 Å². The smallest absolute Gasteiger partial charge is 0.0594 e. The summed E-state index contributed by atoms with van der Waals surface area (Å²) in [7, 11) is 0. The summed E-state index contributed by atoms with van der Waals surface area (Å²) in [6.45, 7) is 9.80. The topological polar surface area (TPSA) is 12.5 Å². The van der Waals surface area contributed by atoms with Gasteiger partial charge < -0.3 is 4.74 Å². The monoisotopic (exact) mass is 307 g/mol. The minimum absolute atomic E-state index is 0.803. The zero-order chi connectivity index (χ0) is 14.9. The molecule has 0 aliphatic carbocycles. The molecule has 0 unspecified atom stereocenters. The molecule has 1 aromatic rings. The molecular weight excluding hydrogens is 278 g/mol. The first-order valence-electron chi connectivity index (χ1n) is 8.26. The summed E-state index contributed by atoms with van der Waals surface area (Å²) in [5.41, 5.74) is 1.47. The molecule has 0 saturated carbocycles. The third kappa shape index (κ3) is 6.86. The van der Waals surface area contributed by atoms with Gasteiger partial charge in [0.25, 0.3) is 0 Å². The summed E-state index contributed by atoms with van der Waals surface area (Å²) in [5.74, 6) is 2.03. The fourth-order valence-electron chi connectivity index (χ4n) is 2.50. The lowest BCUT2D eigenvalue weighted by molar-refractivity contribution is 0.0375. The second kappa shape index (κ2) is 9.50. The fourth-order valence-corrected chi connectivity index (χ4v) is 3.65. The Morgan fingerprint density at radius 1 is 1.14 bits per heavy atom. The van der Waals surface area contributed by atoms with E-state index in [1.54, 1.807) is 0 Å². The van der Waals surface area contributed by atoms with Gasteiger partial charge in [-0.1, -0.05) is 26.0 Å². The van der Waals surface area contributed by atoms with Crippen LogP contribution in [0.25, 0.3) is 0 Å². The van der Waals surface area contributed by atoms with Gasteiger partial charge in [0.1, 0.15) is 0 Å². The molecule has 1 aliphatic rings. The van der Waals surface area contributed by atoms with Gasteiger partial charge in [-0.05, 0) is 55.2 Å². The number of thioether (sulfide) groups is 1. The van der Waals surface area contributed by atoms with E-state index in [9.17, 15) is 0 Å². The van der Waals surface area contributed by atoms with Crippen LogP contribution >= 0.6 is 11.8 Å². The van der Waals surface area contributed by atoms with E-state index in [0.717, 1.165) is 32.2 Å². The van der Waals surface area contributed by atoms with Crippen LogP contribution in [0.5, 0.6) is 0 Å². The third-order valence-electron chi connectivity index (χ3n) is 3.93. The highest BCUT2D eigenvalue weighted by atomic mass is 32.2. The SMILES string of the molecule is CC(C)CCSc1ccc(CCCN2CCOCC2)cc1. The van der Waals surface area contributed by atoms with Gasteiger partial charge in [-0.15, -0.1) is 11.8 Å². The average Bonchev–Trinajstić information content (AvgIpc) is 2.50. The van der Waals surface area contributed by atoms with Crippen LogP contribution in [0.1, 0.15) is 32.3 Å². The van der Waals surface area contributed by atoms with E-state index < -0.39 is 0 Å². The molecule has 0 bridgehead atoms. The summed E-state index contributed by atoms with van der Waals surface area (Å²) in [6.07, 6.45) is 3.74. The van der Waals surface area contributed by atoms with E-state index >= 15 is 0 Å². The lowest BCUT2D eigenvalue weighted by Crippen LogP contribution is -2.36. The number of aryl methyl sites for hydroxylation is 1. The Kier molecular flexibility index (Phi) is 7.62. The zero-order valence-corrected chi connectivity index (χ0v) is 14.3. The number of hydrogen-bond acceptors (Lipinski definition) is 3. The zero-order valence-electron chi connectivity index (χ0n) is 13.5. The van der Waals surface area contributed by atoms with Gasteiger partial charge in [0, 0.05) is 18.0 Å². The lowest BCUT2D eigenvalue weighted by Gasteiger charge is -2.26. The summed E-state index contributed by atoms with van der Waals surface area (Å²) in [5, 5.41) is 0. The van der Waals surface area contributed by atoms with Crippen LogP contribution in [0, 0.1) is 5.92 Å². The highest BCUT2D eigenvalue weighted by Gasteiger charge is 2.09. The molecule has 21 heavy (non-hydrogen) atoms. The molecule has 0 atom stereocenters. The quantitative estimate of drug-likeness (QED) is 0.671. The highest BCUT2D eigenvalue weighted by Crippen LogP contribution is 2.21. The fraction of sp³-hybridized carbons (Fsp3) is 0.667. The number of benzene rings is 1. The van der Waals surface area contributed by atoms with E-state index in [0.29, 0.717) is 0 Å². The van der Waals surface area contributed by atoms with Crippen LogP contribution in [0.4, 0.5) is 0 Å².